The van der Waals surface area contributed by atoms with Crippen molar-refractivity contribution in [3.05, 3.63) is 95.1 Å². The quantitative estimate of drug-likeness (QED) is 0.485. The average molecular weight is 298 g/mol. The summed E-state index contributed by atoms with van der Waals surface area (Å²) < 4.78 is 0. The van der Waals surface area contributed by atoms with Crippen LogP contribution in [0.15, 0.2) is 67.3 Å². The SMILES string of the molecule is C=C(/C=C\c1c(C)ccc2cc(C)ccc12)c1ccccc1C. The van der Waals surface area contributed by atoms with Crippen LogP contribution in [0.5, 0.6) is 0 Å². The Morgan fingerprint density at radius 1 is 0.870 bits per heavy atom. The molecule has 0 radical (unpaired) electrons. The van der Waals surface area contributed by atoms with E-state index in [2.05, 4.69) is 94.1 Å². The van der Waals surface area contributed by atoms with Crippen LogP contribution in [0, 0.1) is 20.8 Å². The lowest BCUT2D eigenvalue weighted by Crippen LogP contribution is -1.87. The van der Waals surface area contributed by atoms with Crippen molar-refractivity contribution in [2.45, 2.75) is 20.8 Å². The highest BCUT2D eigenvalue weighted by atomic mass is 14.1. The maximum atomic E-state index is 4.24. The molecule has 0 heterocycles. The van der Waals surface area contributed by atoms with Crippen molar-refractivity contribution in [2.24, 2.45) is 0 Å². The first-order chi connectivity index (χ1) is 11.1. The Balaban J connectivity index is 2.03. The van der Waals surface area contributed by atoms with Crippen LogP contribution in [0.1, 0.15) is 27.8 Å². The lowest BCUT2D eigenvalue weighted by molar-refractivity contribution is 1.43. The molecule has 0 unspecified atom stereocenters. The summed E-state index contributed by atoms with van der Waals surface area (Å²) in [6.07, 6.45) is 4.33. The second-order valence-electron chi connectivity index (χ2n) is 6.19. The zero-order valence-electron chi connectivity index (χ0n) is 14.1. The molecule has 0 nitrogen and oxygen atoms in total. The Labute approximate surface area is 138 Å². The maximum Gasteiger partial charge on any atom is -0.0109 e. The van der Waals surface area contributed by atoms with E-state index in [1.807, 2.05) is 0 Å². The fraction of sp³-hybridized carbons (Fsp3) is 0.130. The lowest BCUT2D eigenvalue weighted by Gasteiger charge is -2.09. The minimum atomic E-state index is 1.05. The van der Waals surface area contributed by atoms with Crippen molar-refractivity contribution < 1.29 is 0 Å². The second-order valence-corrected chi connectivity index (χ2v) is 6.19. The molecule has 0 amide bonds. The first-order valence-corrected chi connectivity index (χ1v) is 7.99. The summed E-state index contributed by atoms with van der Waals surface area (Å²) >= 11 is 0. The van der Waals surface area contributed by atoms with Crippen LogP contribution in [0.2, 0.25) is 0 Å². The standard InChI is InChI=1S/C23H22/c1-16-9-13-23-20(15-16)12-10-19(4)22(23)14-11-18(3)21-8-6-5-7-17(21)2/h5-15H,3H2,1-2,4H3/b14-11-. The number of fused-ring (bicyclic) bond motifs is 1. The monoisotopic (exact) mass is 298 g/mol. The summed E-state index contributed by atoms with van der Waals surface area (Å²) in [5, 5.41) is 2.58. The molecule has 0 saturated heterocycles. The van der Waals surface area contributed by atoms with Crippen LogP contribution in [-0.4, -0.2) is 0 Å². The fourth-order valence-corrected chi connectivity index (χ4v) is 3.01. The summed E-state index contributed by atoms with van der Waals surface area (Å²) in [4.78, 5) is 0. The van der Waals surface area contributed by atoms with Gasteiger partial charge >= 0.3 is 0 Å². The van der Waals surface area contributed by atoms with Gasteiger partial charge in [-0.25, -0.2) is 0 Å². The number of rotatable bonds is 3. The van der Waals surface area contributed by atoms with E-state index in [0.717, 1.165) is 5.57 Å². The summed E-state index contributed by atoms with van der Waals surface area (Å²) in [5.41, 5.74) is 7.37. The first kappa shape index (κ1) is 15.3. The van der Waals surface area contributed by atoms with Gasteiger partial charge in [0.15, 0.2) is 0 Å². The molecule has 0 N–H and O–H groups in total. The second kappa shape index (κ2) is 6.26. The number of benzene rings is 3. The molecule has 0 aliphatic rings. The van der Waals surface area contributed by atoms with Crippen LogP contribution in [-0.2, 0) is 0 Å². The predicted octanol–water partition coefficient (Wildman–Crippen LogP) is 6.49. The molecular formula is C23H22. The molecule has 0 atom stereocenters. The largest absolute Gasteiger partial charge is 0.0911 e. The third-order valence-corrected chi connectivity index (χ3v) is 4.38. The molecule has 114 valence electrons. The topological polar surface area (TPSA) is 0 Å². The van der Waals surface area contributed by atoms with Gasteiger partial charge in [0.05, 0.1) is 0 Å². The van der Waals surface area contributed by atoms with Gasteiger partial charge in [-0.3, -0.25) is 0 Å². The smallest absolute Gasteiger partial charge is 0.0109 e. The van der Waals surface area contributed by atoms with E-state index in [4.69, 9.17) is 0 Å². The molecule has 0 aliphatic carbocycles. The van der Waals surface area contributed by atoms with Crippen molar-refractivity contribution in [3.8, 4) is 0 Å². The fourth-order valence-electron chi connectivity index (χ4n) is 3.01. The van der Waals surface area contributed by atoms with E-state index in [0.29, 0.717) is 0 Å². The molecule has 3 rings (SSSR count). The Morgan fingerprint density at radius 2 is 1.65 bits per heavy atom. The van der Waals surface area contributed by atoms with E-state index in [1.54, 1.807) is 0 Å². The Hall–Kier alpha value is -2.60. The predicted molar refractivity (Wildman–Crippen MR) is 103 cm³/mol. The van der Waals surface area contributed by atoms with Crippen LogP contribution in [0.25, 0.3) is 22.4 Å². The molecule has 0 bridgehead atoms. The van der Waals surface area contributed by atoms with Gasteiger partial charge in [-0.1, -0.05) is 78.9 Å². The van der Waals surface area contributed by atoms with Gasteiger partial charge in [-0.15, -0.1) is 0 Å². The highest BCUT2D eigenvalue weighted by Gasteiger charge is 2.03. The van der Waals surface area contributed by atoms with Crippen molar-refractivity contribution in [1.82, 2.24) is 0 Å². The van der Waals surface area contributed by atoms with Crippen molar-refractivity contribution in [2.75, 3.05) is 0 Å². The first-order valence-electron chi connectivity index (χ1n) is 7.99. The summed E-state index contributed by atoms with van der Waals surface area (Å²) in [7, 11) is 0. The zero-order chi connectivity index (χ0) is 16.4. The third-order valence-electron chi connectivity index (χ3n) is 4.38. The number of aryl methyl sites for hydroxylation is 3. The highest BCUT2D eigenvalue weighted by molar-refractivity contribution is 5.94. The van der Waals surface area contributed by atoms with Gasteiger partial charge in [0.25, 0.3) is 0 Å². The van der Waals surface area contributed by atoms with E-state index in [9.17, 15) is 0 Å². The third kappa shape index (κ3) is 3.12. The molecule has 0 saturated carbocycles. The van der Waals surface area contributed by atoms with E-state index in [1.165, 1.54) is 38.6 Å². The molecule has 0 heteroatoms. The Kier molecular flexibility index (Phi) is 4.16. The molecule has 3 aromatic carbocycles. The van der Waals surface area contributed by atoms with E-state index >= 15 is 0 Å². The molecule has 0 aromatic heterocycles. The van der Waals surface area contributed by atoms with Gasteiger partial charge in [0, 0.05) is 0 Å². The Bertz CT molecular complexity index is 910. The molecule has 0 spiro atoms. The van der Waals surface area contributed by atoms with Gasteiger partial charge < -0.3 is 0 Å². The lowest BCUT2D eigenvalue weighted by atomic mass is 9.96. The molecular weight excluding hydrogens is 276 g/mol. The van der Waals surface area contributed by atoms with Crippen LogP contribution >= 0.6 is 0 Å². The number of hydrogen-bond acceptors (Lipinski definition) is 0. The molecule has 23 heavy (non-hydrogen) atoms. The van der Waals surface area contributed by atoms with Gasteiger partial charge in [0.1, 0.15) is 0 Å². The van der Waals surface area contributed by atoms with E-state index in [-0.39, 0.29) is 0 Å². The van der Waals surface area contributed by atoms with Crippen molar-refractivity contribution in [1.29, 1.82) is 0 Å². The summed E-state index contributed by atoms with van der Waals surface area (Å²) in [5.74, 6) is 0. The van der Waals surface area contributed by atoms with Crippen molar-refractivity contribution >= 4 is 22.4 Å². The van der Waals surface area contributed by atoms with E-state index < -0.39 is 0 Å². The van der Waals surface area contributed by atoms with Gasteiger partial charge in [-0.05, 0) is 59.4 Å². The summed E-state index contributed by atoms with van der Waals surface area (Å²) in [6.45, 7) is 10.7. The van der Waals surface area contributed by atoms with Crippen LogP contribution < -0.4 is 0 Å². The van der Waals surface area contributed by atoms with Gasteiger partial charge in [-0.2, -0.15) is 0 Å². The molecule has 3 aromatic rings. The summed E-state index contributed by atoms with van der Waals surface area (Å²) in [6, 6.07) is 19.4. The van der Waals surface area contributed by atoms with Crippen molar-refractivity contribution in [3.63, 3.8) is 0 Å². The molecule has 0 aliphatic heterocycles. The van der Waals surface area contributed by atoms with Gasteiger partial charge in [0.2, 0.25) is 0 Å². The minimum Gasteiger partial charge on any atom is -0.0911 e. The maximum absolute atomic E-state index is 4.24. The zero-order valence-corrected chi connectivity index (χ0v) is 14.1. The highest BCUT2D eigenvalue weighted by Crippen LogP contribution is 2.26. The average Bonchev–Trinajstić information content (AvgIpc) is 2.54. The number of allylic oxidation sites excluding steroid dienone is 2. The number of hydrogen-bond donors (Lipinski definition) is 0. The minimum absolute atomic E-state index is 1.05. The molecule has 0 fully saturated rings. The Morgan fingerprint density at radius 3 is 2.43 bits per heavy atom. The van der Waals surface area contributed by atoms with Crippen LogP contribution in [0.3, 0.4) is 0 Å². The normalized spacial score (nSPS) is 11.3. The van der Waals surface area contributed by atoms with Crippen LogP contribution in [0.4, 0.5) is 0 Å².